The number of carboxylic acids is 1. The first-order valence-corrected chi connectivity index (χ1v) is 8.20. The molecule has 0 saturated heterocycles. The van der Waals surface area contributed by atoms with Crippen LogP contribution in [0, 0.1) is 0 Å². The van der Waals surface area contributed by atoms with Crippen LogP contribution >= 0.6 is 0 Å². The molecule has 0 amide bonds. The van der Waals surface area contributed by atoms with E-state index in [-0.39, 0.29) is 0 Å². The summed E-state index contributed by atoms with van der Waals surface area (Å²) >= 11 is 0. The minimum atomic E-state index is -0.749. The van der Waals surface area contributed by atoms with Gasteiger partial charge in [0.2, 0.25) is 0 Å². The number of nitrogens with one attached hydrogen (secondary N) is 1. The van der Waals surface area contributed by atoms with E-state index in [4.69, 9.17) is 0 Å². The van der Waals surface area contributed by atoms with Crippen LogP contribution in [0.4, 0.5) is 0 Å². The fourth-order valence-electron chi connectivity index (χ4n) is 2.55. The van der Waals surface area contributed by atoms with Gasteiger partial charge < -0.3 is 15.3 Å². The summed E-state index contributed by atoms with van der Waals surface area (Å²) < 4.78 is 0. The molecular weight excluding hydrogens is 252 g/mol. The standard InChI is InChI=1S/C16H34N2O2/c1-5-8-12-18(13-9-6-2)14-10-11-16(7-3,17-4)15(19)20/h17H,5-14H2,1-4H3,(H,19,20). The van der Waals surface area contributed by atoms with Gasteiger partial charge in [-0.15, -0.1) is 0 Å². The van der Waals surface area contributed by atoms with Gasteiger partial charge >= 0.3 is 5.97 Å². The molecule has 1 unspecified atom stereocenters. The second-order valence-corrected chi connectivity index (χ2v) is 5.64. The minimum Gasteiger partial charge on any atom is -0.480 e. The van der Waals surface area contributed by atoms with Gasteiger partial charge in [-0.05, 0) is 58.8 Å². The third kappa shape index (κ3) is 6.71. The van der Waals surface area contributed by atoms with Crippen molar-refractivity contribution < 1.29 is 9.90 Å². The third-order valence-electron chi connectivity index (χ3n) is 4.23. The van der Waals surface area contributed by atoms with Crippen LogP contribution in [0.2, 0.25) is 0 Å². The Morgan fingerprint density at radius 3 is 1.90 bits per heavy atom. The molecule has 0 radical (unpaired) electrons. The van der Waals surface area contributed by atoms with Crippen molar-refractivity contribution in [3.63, 3.8) is 0 Å². The van der Waals surface area contributed by atoms with E-state index in [0.717, 1.165) is 26.1 Å². The Hall–Kier alpha value is -0.610. The molecule has 0 aromatic carbocycles. The molecule has 0 aliphatic carbocycles. The lowest BCUT2D eigenvalue weighted by Gasteiger charge is -2.29. The van der Waals surface area contributed by atoms with Crippen molar-refractivity contribution in [2.24, 2.45) is 0 Å². The van der Waals surface area contributed by atoms with Crippen LogP contribution in [-0.4, -0.2) is 48.2 Å². The van der Waals surface area contributed by atoms with Gasteiger partial charge in [-0.2, -0.15) is 0 Å². The Kier molecular flexibility index (Phi) is 10.8. The summed E-state index contributed by atoms with van der Waals surface area (Å²) in [6.45, 7) is 9.66. The van der Waals surface area contributed by atoms with Crippen LogP contribution in [-0.2, 0) is 4.79 Å². The lowest BCUT2D eigenvalue weighted by Crippen LogP contribution is -2.50. The number of hydrogen-bond donors (Lipinski definition) is 2. The van der Waals surface area contributed by atoms with Crippen LogP contribution in [0.1, 0.15) is 65.7 Å². The lowest BCUT2D eigenvalue weighted by molar-refractivity contribution is -0.145. The number of rotatable bonds is 13. The van der Waals surface area contributed by atoms with Gasteiger partial charge in [-0.25, -0.2) is 0 Å². The molecule has 1 atom stereocenters. The Bertz CT molecular complexity index is 245. The molecule has 0 aromatic rings. The predicted molar refractivity (Wildman–Crippen MR) is 85.2 cm³/mol. The van der Waals surface area contributed by atoms with Gasteiger partial charge in [0.25, 0.3) is 0 Å². The van der Waals surface area contributed by atoms with E-state index in [0.29, 0.717) is 12.8 Å². The zero-order valence-corrected chi connectivity index (χ0v) is 13.9. The summed E-state index contributed by atoms with van der Waals surface area (Å²) in [4.78, 5) is 13.9. The number of carboxylic acid groups (broad SMARTS) is 1. The van der Waals surface area contributed by atoms with Crippen molar-refractivity contribution in [3.05, 3.63) is 0 Å². The van der Waals surface area contributed by atoms with Gasteiger partial charge in [0.05, 0.1) is 0 Å². The van der Waals surface area contributed by atoms with Crippen LogP contribution in [0.25, 0.3) is 0 Å². The van der Waals surface area contributed by atoms with E-state index in [1.165, 1.54) is 25.7 Å². The molecule has 0 aliphatic rings. The Morgan fingerprint density at radius 1 is 1.05 bits per heavy atom. The van der Waals surface area contributed by atoms with Crippen LogP contribution in [0.5, 0.6) is 0 Å². The highest BCUT2D eigenvalue weighted by molar-refractivity contribution is 5.78. The quantitative estimate of drug-likeness (QED) is 0.546. The average Bonchev–Trinajstić information content (AvgIpc) is 2.45. The molecule has 4 nitrogen and oxygen atoms in total. The maximum Gasteiger partial charge on any atom is 0.323 e. The molecule has 120 valence electrons. The second kappa shape index (κ2) is 11.1. The number of nitrogens with zero attached hydrogens (tertiary/aromatic N) is 1. The summed E-state index contributed by atoms with van der Waals surface area (Å²) in [5.74, 6) is -0.726. The van der Waals surface area contributed by atoms with Crippen molar-refractivity contribution in [2.45, 2.75) is 71.3 Å². The summed E-state index contributed by atoms with van der Waals surface area (Å²) in [6, 6.07) is 0. The topological polar surface area (TPSA) is 52.6 Å². The highest BCUT2D eigenvalue weighted by Gasteiger charge is 2.34. The van der Waals surface area contributed by atoms with E-state index in [9.17, 15) is 9.90 Å². The first-order valence-electron chi connectivity index (χ1n) is 8.20. The van der Waals surface area contributed by atoms with Crippen molar-refractivity contribution in [1.29, 1.82) is 0 Å². The van der Waals surface area contributed by atoms with E-state index < -0.39 is 11.5 Å². The predicted octanol–water partition coefficient (Wildman–Crippen LogP) is 3.12. The zero-order chi connectivity index (χ0) is 15.4. The first-order chi connectivity index (χ1) is 9.56. The maximum atomic E-state index is 11.4. The van der Waals surface area contributed by atoms with Gasteiger partial charge in [0.15, 0.2) is 0 Å². The van der Waals surface area contributed by atoms with Crippen molar-refractivity contribution >= 4 is 5.97 Å². The summed E-state index contributed by atoms with van der Waals surface area (Å²) in [5, 5.41) is 12.4. The number of hydrogen-bond acceptors (Lipinski definition) is 3. The molecule has 20 heavy (non-hydrogen) atoms. The SMILES string of the molecule is CCCCN(CCCC)CCCC(CC)(NC)C(=O)O. The number of likely N-dealkylation sites (N-methyl/N-ethyl adjacent to an activating group) is 1. The number of unbranched alkanes of at least 4 members (excludes halogenated alkanes) is 2. The highest BCUT2D eigenvalue weighted by atomic mass is 16.4. The molecule has 0 saturated carbocycles. The largest absolute Gasteiger partial charge is 0.480 e. The minimum absolute atomic E-state index is 0.628. The average molecular weight is 286 g/mol. The second-order valence-electron chi connectivity index (χ2n) is 5.64. The zero-order valence-electron chi connectivity index (χ0n) is 13.9. The smallest absolute Gasteiger partial charge is 0.323 e. The fraction of sp³-hybridized carbons (Fsp3) is 0.938. The lowest BCUT2D eigenvalue weighted by atomic mass is 9.90. The van der Waals surface area contributed by atoms with E-state index in [1.54, 1.807) is 7.05 Å². The third-order valence-corrected chi connectivity index (χ3v) is 4.23. The first kappa shape index (κ1) is 19.4. The maximum absolute atomic E-state index is 11.4. The monoisotopic (exact) mass is 286 g/mol. The highest BCUT2D eigenvalue weighted by Crippen LogP contribution is 2.18. The molecule has 0 rings (SSSR count). The molecule has 0 heterocycles. The van der Waals surface area contributed by atoms with Gasteiger partial charge in [0.1, 0.15) is 5.54 Å². The van der Waals surface area contributed by atoms with Gasteiger partial charge in [0, 0.05) is 0 Å². The van der Waals surface area contributed by atoms with Crippen molar-refractivity contribution in [1.82, 2.24) is 10.2 Å². The molecular formula is C16H34N2O2. The van der Waals surface area contributed by atoms with Crippen molar-refractivity contribution in [3.8, 4) is 0 Å². The number of aliphatic carboxylic acids is 1. The normalized spacial score (nSPS) is 14.4. The Morgan fingerprint density at radius 2 is 1.55 bits per heavy atom. The van der Waals surface area contributed by atoms with Crippen LogP contribution in [0.3, 0.4) is 0 Å². The van der Waals surface area contributed by atoms with Crippen molar-refractivity contribution in [2.75, 3.05) is 26.7 Å². The molecule has 4 heteroatoms. The molecule has 0 aromatic heterocycles. The Labute approximate surface area is 124 Å². The molecule has 0 fully saturated rings. The summed E-state index contributed by atoms with van der Waals surface area (Å²) in [5.41, 5.74) is -0.749. The number of carbonyl (C=O) groups is 1. The molecule has 2 N–H and O–H groups in total. The van der Waals surface area contributed by atoms with Gasteiger partial charge in [-0.3, -0.25) is 4.79 Å². The van der Waals surface area contributed by atoms with E-state index in [1.807, 2.05) is 6.92 Å². The summed E-state index contributed by atoms with van der Waals surface area (Å²) in [6.07, 6.45) is 7.16. The molecule has 0 spiro atoms. The molecule has 0 bridgehead atoms. The summed E-state index contributed by atoms with van der Waals surface area (Å²) in [7, 11) is 1.75. The van der Waals surface area contributed by atoms with E-state index in [2.05, 4.69) is 24.1 Å². The fourth-order valence-corrected chi connectivity index (χ4v) is 2.55. The molecule has 0 aliphatic heterocycles. The Balaban J connectivity index is 4.27. The van der Waals surface area contributed by atoms with Gasteiger partial charge in [-0.1, -0.05) is 33.6 Å². The van der Waals surface area contributed by atoms with E-state index >= 15 is 0 Å². The van der Waals surface area contributed by atoms with Crippen LogP contribution in [0.15, 0.2) is 0 Å². The van der Waals surface area contributed by atoms with Crippen LogP contribution < -0.4 is 5.32 Å².